The van der Waals surface area contributed by atoms with Crippen LogP contribution in [-0.4, -0.2) is 61.5 Å². The van der Waals surface area contributed by atoms with Gasteiger partial charge in [0.05, 0.1) is 6.54 Å². The van der Waals surface area contributed by atoms with Gasteiger partial charge in [0.25, 0.3) is 0 Å². The van der Waals surface area contributed by atoms with E-state index >= 15 is 0 Å². The van der Waals surface area contributed by atoms with Crippen molar-refractivity contribution < 1.29 is 4.79 Å². The van der Waals surface area contributed by atoms with E-state index in [0.717, 1.165) is 32.6 Å². The zero-order valence-electron chi connectivity index (χ0n) is 10.1. The Kier molecular flexibility index (Phi) is 5.05. The first-order valence-electron chi connectivity index (χ1n) is 5.85. The van der Waals surface area contributed by atoms with Crippen molar-refractivity contribution in [3.8, 4) is 0 Å². The van der Waals surface area contributed by atoms with Crippen LogP contribution in [0.4, 0.5) is 0 Å². The average Bonchev–Trinajstić information content (AvgIpc) is 2.23. The van der Waals surface area contributed by atoms with Gasteiger partial charge in [-0.3, -0.25) is 9.69 Å². The summed E-state index contributed by atoms with van der Waals surface area (Å²) in [6, 6.07) is 0.500. The van der Waals surface area contributed by atoms with Crippen LogP contribution in [-0.2, 0) is 4.79 Å². The molecule has 0 aliphatic carbocycles. The summed E-state index contributed by atoms with van der Waals surface area (Å²) in [5.41, 5.74) is 0. The fourth-order valence-corrected chi connectivity index (χ4v) is 2.03. The highest BCUT2D eigenvalue weighted by molar-refractivity contribution is 5.79. The molecule has 1 amide bonds. The van der Waals surface area contributed by atoms with Gasteiger partial charge in [-0.25, -0.2) is 0 Å². The SMILES string of the molecule is CCN1CC(C)N(CCCNC)CC1=O. The normalized spacial score (nSPS) is 23.5. The van der Waals surface area contributed by atoms with Crippen molar-refractivity contribution >= 4 is 5.91 Å². The van der Waals surface area contributed by atoms with Crippen molar-refractivity contribution in [3.63, 3.8) is 0 Å². The molecule has 0 radical (unpaired) electrons. The van der Waals surface area contributed by atoms with E-state index in [4.69, 9.17) is 0 Å². The van der Waals surface area contributed by atoms with E-state index in [0.29, 0.717) is 12.6 Å². The number of likely N-dealkylation sites (N-methyl/N-ethyl adjacent to an activating group) is 1. The molecular formula is C11H23N3O. The second kappa shape index (κ2) is 6.08. The van der Waals surface area contributed by atoms with E-state index in [9.17, 15) is 4.79 Å². The van der Waals surface area contributed by atoms with Gasteiger partial charge in [-0.15, -0.1) is 0 Å². The first kappa shape index (κ1) is 12.5. The molecule has 0 bridgehead atoms. The maximum Gasteiger partial charge on any atom is 0.236 e. The highest BCUT2D eigenvalue weighted by atomic mass is 16.2. The van der Waals surface area contributed by atoms with E-state index in [-0.39, 0.29) is 5.91 Å². The van der Waals surface area contributed by atoms with Crippen LogP contribution in [0.1, 0.15) is 20.3 Å². The molecule has 1 heterocycles. The number of nitrogens with zero attached hydrogens (tertiary/aromatic N) is 2. The molecule has 1 atom stereocenters. The van der Waals surface area contributed by atoms with Crippen LogP contribution in [0.2, 0.25) is 0 Å². The molecule has 88 valence electrons. The second-order valence-electron chi connectivity index (χ2n) is 4.21. The van der Waals surface area contributed by atoms with E-state index < -0.39 is 0 Å². The molecule has 0 saturated carbocycles. The van der Waals surface area contributed by atoms with Gasteiger partial charge in [-0.1, -0.05) is 0 Å². The number of carbonyl (C=O) groups is 1. The molecule has 1 aliphatic heterocycles. The summed E-state index contributed by atoms with van der Waals surface area (Å²) < 4.78 is 0. The summed E-state index contributed by atoms with van der Waals surface area (Å²) >= 11 is 0. The summed E-state index contributed by atoms with van der Waals surface area (Å²) in [7, 11) is 1.96. The van der Waals surface area contributed by atoms with Crippen molar-refractivity contribution in [2.45, 2.75) is 26.3 Å². The maximum atomic E-state index is 11.7. The minimum Gasteiger partial charge on any atom is -0.340 e. The Bertz CT molecular complexity index is 208. The fraction of sp³-hybridized carbons (Fsp3) is 0.909. The van der Waals surface area contributed by atoms with E-state index in [1.807, 2.05) is 18.9 Å². The number of nitrogens with one attached hydrogen (secondary N) is 1. The Morgan fingerprint density at radius 3 is 2.87 bits per heavy atom. The van der Waals surface area contributed by atoms with E-state index in [1.54, 1.807) is 0 Å². The summed E-state index contributed by atoms with van der Waals surface area (Å²) in [4.78, 5) is 15.9. The van der Waals surface area contributed by atoms with Gasteiger partial charge in [0.2, 0.25) is 5.91 Å². The molecule has 15 heavy (non-hydrogen) atoms. The van der Waals surface area contributed by atoms with Crippen LogP contribution in [0, 0.1) is 0 Å². The summed E-state index contributed by atoms with van der Waals surface area (Å²) in [6.07, 6.45) is 1.11. The van der Waals surface area contributed by atoms with Crippen molar-refractivity contribution in [1.82, 2.24) is 15.1 Å². The van der Waals surface area contributed by atoms with E-state index in [1.165, 1.54) is 0 Å². The number of piperazine rings is 1. The third kappa shape index (κ3) is 3.47. The lowest BCUT2D eigenvalue weighted by atomic mass is 10.1. The van der Waals surface area contributed by atoms with Gasteiger partial charge in [-0.2, -0.15) is 0 Å². The number of hydrogen-bond donors (Lipinski definition) is 1. The van der Waals surface area contributed by atoms with Crippen molar-refractivity contribution in [2.24, 2.45) is 0 Å². The van der Waals surface area contributed by atoms with Crippen LogP contribution >= 0.6 is 0 Å². The van der Waals surface area contributed by atoms with Crippen LogP contribution < -0.4 is 5.32 Å². The summed E-state index contributed by atoms with van der Waals surface area (Å²) in [6.45, 7) is 8.61. The molecular weight excluding hydrogens is 190 g/mol. The van der Waals surface area contributed by atoms with Crippen LogP contribution in [0.15, 0.2) is 0 Å². The minimum atomic E-state index is 0.278. The minimum absolute atomic E-state index is 0.278. The van der Waals surface area contributed by atoms with Gasteiger partial charge in [-0.05, 0) is 33.9 Å². The first-order chi connectivity index (χ1) is 7.19. The van der Waals surface area contributed by atoms with Gasteiger partial charge < -0.3 is 10.2 Å². The first-order valence-corrected chi connectivity index (χ1v) is 5.85. The number of hydrogen-bond acceptors (Lipinski definition) is 3. The predicted molar refractivity (Wildman–Crippen MR) is 61.8 cm³/mol. The molecule has 0 aromatic rings. The molecule has 1 aliphatic rings. The molecule has 1 unspecified atom stereocenters. The quantitative estimate of drug-likeness (QED) is 0.660. The van der Waals surface area contributed by atoms with Gasteiger partial charge in [0.1, 0.15) is 0 Å². The molecule has 0 aromatic carbocycles. The molecule has 0 aromatic heterocycles. The Morgan fingerprint density at radius 2 is 2.27 bits per heavy atom. The third-order valence-corrected chi connectivity index (χ3v) is 3.05. The van der Waals surface area contributed by atoms with Gasteiger partial charge >= 0.3 is 0 Å². The van der Waals surface area contributed by atoms with Crippen LogP contribution in [0.3, 0.4) is 0 Å². The predicted octanol–water partition coefficient (Wildman–Crippen LogP) is 0.149. The van der Waals surface area contributed by atoms with Crippen molar-refractivity contribution in [2.75, 3.05) is 39.8 Å². The molecule has 1 rings (SSSR count). The lowest BCUT2D eigenvalue weighted by molar-refractivity contribution is -0.137. The number of carbonyl (C=O) groups excluding carboxylic acids is 1. The van der Waals surface area contributed by atoms with Crippen LogP contribution in [0.25, 0.3) is 0 Å². The topological polar surface area (TPSA) is 35.6 Å². The van der Waals surface area contributed by atoms with Crippen LogP contribution in [0.5, 0.6) is 0 Å². The Morgan fingerprint density at radius 1 is 1.53 bits per heavy atom. The van der Waals surface area contributed by atoms with E-state index in [2.05, 4.69) is 17.1 Å². The molecule has 0 spiro atoms. The summed E-state index contributed by atoms with van der Waals surface area (Å²) in [5.74, 6) is 0.278. The number of rotatable bonds is 5. The monoisotopic (exact) mass is 213 g/mol. The molecule has 1 fully saturated rings. The molecule has 4 heteroatoms. The Hall–Kier alpha value is -0.610. The van der Waals surface area contributed by atoms with Crippen molar-refractivity contribution in [1.29, 1.82) is 0 Å². The molecule has 4 nitrogen and oxygen atoms in total. The second-order valence-corrected chi connectivity index (χ2v) is 4.21. The lowest BCUT2D eigenvalue weighted by Gasteiger charge is -2.39. The highest BCUT2D eigenvalue weighted by Gasteiger charge is 2.27. The highest BCUT2D eigenvalue weighted by Crippen LogP contribution is 2.10. The smallest absolute Gasteiger partial charge is 0.236 e. The standard InChI is InChI=1S/C11H23N3O/c1-4-13-8-10(2)14(9-11(13)15)7-5-6-12-3/h10,12H,4-9H2,1-3H3. The molecule has 1 N–H and O–H groups in total. The zero-order chi connectivity index (χ0) is 11.3. The fourth-order valence-electron chi connectivity index (χ4n) is 2.03. The Balaban J connectivity index is 2.37. The zero-order valence-corrected chi connectivity index (χ0v) is 10.1. The largest absolute Gasteiger partial charge is 0.340 e. The number of amides is 1. The third-order valence-electron chi connectivity index (χ3n) is 3.05. The van der Waals surface area contributed by atoms with Gasteiger partial charge in [0.15, 0.2) is 0 Å². The average molecular weight is 213 g/mol. The van der Waals surface area contributed by atoms with Crippen molar-refractivity contribution in [3.05, 3.63) is 0 Å². The van der Waals surface area contributed by atoms with Gasteiger partial charge in [0, 0.05) is 25.7 Å². The maximum absolute atomic E-state index is 11.7. The lowest BCUT2D eigenvalue weighted by Crippen LogP contribution is -2.55. The molecule has 1 saturated heterocycles. The summed E-state index contributed by atoms with van der Waals surface area (Å²) in [5, 5.41) is 3.13. The Labute approximate surface area is 92.6 Å².